The first kappa shape index (κ1) is 14.6. The summed E-state index contributed by atoms with van der Waals surface area (Å²) >= 11 is 0. The van der Waals surface area contributed by atoms with Gasteiger partial charge in [0.1, 0.15) is 0 Å². The predicted octanol–water partition coefficient (Wildman–Crippen LogP) is 0.727. The molecule has 6 nitrogen and oxygen atoms in total. The molecule has 0 bridgehead atoms. The molecule has 1 aliphatic heterocycles. The highest BCUT2D eigenvalue weighted by Crippen LogP contribution is 2.21. The second-order valence-corrected chi connectivity index (χ2v) is 6.67. The number of nitrogens with zero attached hydrogens (tertiary/aromatic N) is 2. The third-order valence-electron chi connectivity index (χ3n) is 3.24. The number of anilines is 2. The van der Waals surface area contributed by atoms with Crippen LogP contribution in [0.25, 0.3) is 0 Å². The summed E-state index contributed by atoms with van der Waals surface area (Å²) in [6.07, 6.45) is 1.13. The molecule has 0 radical (unpaired) electrons. The van der Waals surface area contributed by atoms with E-state index in [0.29, 0.717) is 18.8 Å². The molecule has 110 valence electrons. The number of amides is 1. The Labute approximate surface area is 119 Å². The first-order valence-corrected chi connectivity index (χ1v) is 8.32. The van der Waals surface area contributed by atoms with Gasteiger partial charge in [-0.05, 0) is 18.2 Å². The highest BCUT2D eigenvalue weighted by molar-refractivity contribution is 7.92. The van der Waals surface area contributed by atoms with Gasteiger partial charge in [0, 0.05) is 38.8 Å². The van der Waals surface area contributed by atoms with E-state index in [1.165, 1.54) is 0 Å². The smallest absolute Gasteiger partial charge is 0.229 e. The average molecular weight is 297 g/mol. The van der Waals surface area contributed by atoms with E-state index in [1.807, 2.05) is 23.1 Å². The van der Waals surface area contributed by atoms with Gasteiger partial charge in [-0.3, -0.25) is 9.52 Å². The molecule has 20 heavy (non-hydrogen) atoms. The number of sulfonamides is 1. The molecule has 7 heteroatoms. The lowest BCUT2D eigenvalue weighted by Gasteiger charge is -2.35. The fourth-order valence-corrected chi connectivity index (χ4v) is 2.81. The average Bonchev–Trinajstić information content (AvgIpc) is 2.37. The Hall–Kier alpha value is -1.76. The van der Waals surface area contributed by atoms with Gasteiger partial charge in [-0.25, -0.2) is 8.42 Å². The van der Waals surface area contributed by atoms with Gasteiger partial charge in [0.2, 0.25) is 15.9 Å². The zero-order valence-corrected chi connectivity index (χ0v) is 12.5. The van der Waals surface area contributed by atoms with E-state index in [0.717, 1.165) is 25.0 Å². The minimum absolute atomic E-state index is 0.0946. The first-order chi connectivity index (χ1) is 9.35. The van der Waals surface area contributed by atoms with Crippen molar-refractivity contribution in [3.8, 4) is 0 Å². The van der Waals surface area contributed by atoms with Gasteiger partial charge in [0.25, 0.3) is 0 Å². The van der Waals surface area contributed by atoms with E-state index in [2.05, 4.69) is 9.62 Å². The zero-order chi connectivity index (χ0) is 14.8. The molecule has 1 aromatic rings. The highest BCUT2D eigenvalue weighted by atomic mass is 32.2. The quantitative estimate of drug-likeness (QED) is 0.893. The normalized spacial score (nSPS) is 16.1. The SMILES string of the molecule is CC(=O)N1CCN(c2cccc(NS(C)(=O)=O)c2)CC1. The molecule has 1 fully saturated rings. The van der Waals surface area contributed by atoms with Crippen molar-refractivity contribution < 1.29 is 13.2 Å². The van der Waals surface area contributed by atoms with Crippen molar-refractivity contribution in [2.45, 2.75) is 6.92 Å². The second kappa shape index (κ2) is 5.70. The number of carbonyl (C=O) groups is 1. The summed E-state index contributed by atoms with van der Waals surface area (Å²) in [5.41, 5.74) is 1.51. The molecule has 1 amide bonds. The Morgan fingerprint density at radius 1 is 1.20 bits per heavy atom. The molecule has 1 aliphatic rings. The minimum Gasteiger partial charge on any atom is -0.368 e. The van der Waals surface area contributed by atoms with Crippen LogP contribution >= 0.6 is 0 Å². The molecule has 1 N–H and O–H groups in total. The summed E-state index contributed by atoms with van der Waals surface area (Å²) in [7, 11) is -3.27. The van der Waals surface area contributed by atoms with Crippen LogP contribution in [0, 0.1) is 0 Å². The Morgan fingerprint density at radius 2 is 1.85 bits per heavy atom. The molecule has 0 spiro atoms. The lowest BCUT2D eigenvalue weighted by molar-refractivity contribution is -0.129. The Kier molecular flexibility index (Phi) is 4.17. The van der Waals surface area contributed by atoms with Crippen molar-refractivity contribution in [1.82, 2.24) is 4.90 Å². The van der Waals surface area contributed by atoms with Gasteiger partial charge in [-0.2, -0.15) is 0 Å². The Morgan fingerprint density at radius 3 is 2.40 bits per heavy atom. The van der Waals surface area contributed by atoms with E-state index in [-0.39, 0.29) is 5.91 Å². The molecule has 0 aliphatic carbocycles. The number of piperazine rings is 1. The van der Waals surface area contributed by atoms with E-state index < -0.39 is 10.0 Å². The standard InChI is InChI=1S/C13H19N3O3S/c1-11(17)15-6-8-16(9-7-15)13-5-3-4-12(10-13)14-20(2,18)19/h3-5,10,14H,6-9H2,1-2H3. The molecule has 1 saturated heterocycles. The summed E-state index contributed by atoms with van der Waals surface area (Å²) in [5, 5.41) is 0. The second-order valence-electron chi connectivity index (χ2n) is 4.92. The van der Waals surface area contributed by atoms with E-state index in [1.54, 1.807) is 13.0 Å². The number of carbonyl (C=O) groups excluding carboxylic acids is 1. The summed E-state index contributed by atoms with van der Waals surface area (Å²) in [6.45, 7) is 4.47. The molecule has 2 rings (SSSR count). The number of rotatable bonds is 3. The minimum atomic E-state index is -3.27. The van der Waals surface area contributed by atoms with Gasteiger partial charge in [0.05, 0.1) is 11.9 Å². The lowest BCUT2D eigenvalue weighted by Crippen LogP contribution is -2.48. The summed E-state index contributed by atoms with van der Waals surface area (Å²) in [4.78, 5) is 15.2. The lowest BCUT2D eigenvalue weighted by atomic mass is 10.2. The van der Waals surface area contributed by atoms with Crippen LogP contribution in [0.3, 0.4) is 0 Å². The monoisotopic (exact) mass is 297 g/mol. The number of hydrogen-bond donors (Lipinski definition) is 1. The van der Waals surface area contributed by atoms with Crippen molar-refractivity contribution in [3.63, 3.8) is 0 Å². The van der Waals surface area contributed by atoms with E-state index in [4.69, 9.17) is 0 Å². The fourth-order valence-electron chi connectivity index (χ4n) is 2.26. The van der Waals surface area contributed by atoms with Crippen molar-refractivity contribution in [3.05, 3.63) is 24.3 Å². The number of hydrogen-bond acceptors (Lipinski definition) is 4. The predicted molar refractivity (Wildman–Crippen MR) is 79.4 cm³/mol. The molecular weight excluding hydrogens is 278 g/mol. The van der Waals surface area contributed by atoms with Crippen LogP contribution in [0.5, 0.6) is 0 Å². The van der Waals surface area contributed by atoms with Crippen molar-refractivity contribution in [1.29, 1.82) is 0 Å². The molecule has 1 heterocycles. The highest BCUT2D eigenvalue weighted by Gasteiger charge is 2.18. The van der Waals surface area contributed by atoms with Crippen LogP contribution in [-0.4, -0.2) is 51.7 Å². The van der Waals surface area contributed by atoms with Crippen LogP contribution in [0.2, 0.25) is 0 Å². The maximum atomic E-state index is 11.3. The fraction of sp³-hybridized carbons (Fsp3) is 0.462. The molecular formula is C13H19N3O3S. The maximum absolute atomic E-state index is 11.3. The Balaban J connectivity index is 2.07. The van der Waals surface area contributed by atoms with Crippen LogP contribution in [0.1, 0.15) is 6.92 Å². The summed E-state index contributed by atoms with van der Waals surface area (Å²) in [6, 6.07) is 7.29. The number of benzene rings is 1. The summed E-state index contributed by atoms with van der Waals surface area (Å²) in [5.74, 6) is 0.0946. The van der Waals surface area contributed by atoms with Crippen molar-refractivity contribution in [2.24, 2.45) is 0 Å². The maximum Gasteiger partial charge on any atom is 0.229 e. The molecule has 0 aromatic heterocycles. The van der Waals surface area contributed by atoms with Crippen LogP contribution in [-0.2, 0) is 14.8 Å². The van der Waals surface area contributed by atoms with Crippen LogP contribution < -0.4 is 9.62 Å². The van der Waals surface area contributed by atoms with Gasteiger partial charge in [-0.1, -0.05) is 6.07 Å². The van der Waals surface area contributed by atoms with Crippen molar-refractivity contribution >= 4 is 27.3 Å². The van der Waals surface area contributed by atoms with Crippen molar-refractivity contribution in [2.75, 3.05) is 42.1 Å². The van der Waals surface area contributed by atoms with E-state index >= 15 is 0 Å². The molecule has 0 saturated carbocycles. The first-order valence-electron chi connectivity index (χ1n) is 6.43. The van der Waals surface area contributed by atoms with Gasteiger partial charge < -0.3 is 9.80 Å². The third-order valence-corrected chi connectivity index (χ3v) is 3.85. The van der Waals surface area contributed by atoms with Gasteiger partial charge >= 0.3 is 0 Å². The largest absolute Gasteiger partial charge is 0.368 e. The zero-order valence-electron chi connectivity index (χ0n) is 11.7. The van der Waals surface area contributed by atoms with E-state index in [9.17, 15) is 13.2 Å². The van der Waals surface area contributed by atoms with Crippen LogP contribution in [0.4, 0.5) is 11.4 Å². The third kappa shape index (κ3) is 3.86. The molecule has 0 atom stereocenters. The van der Waals surface area contributed by atoms with Gasteiger partial charge in [-0.15, -0.1) is 0 Å². The summed E-state index contributed by atoms with van der Waals surface area (Å²) < 4.78 is 24.9. The van der Waals surface area contributed by atoms with Crippen LogP contribution in [0.15, 0.2) is 24.3 Å². The number of nitrogens with one attached hydrogen (secondary N) is 1. The Bertz CT molecular complexity index is 593. The topological polar surface area (TPSA) is 69.7 Å². The molecule has 0 unspecified atom stereocenters. The molecule has 1 aromatic carbocycles. The van der Waals surface area contributed by atoms with Gasteiger partial charge in [0.15, 0.2) is 0 Å².